The van der Waals surface area contributed by atoms with Gasteiger partial charge in [0, 0.05) is 10.0 Å². The quantitative estimate of drug-likeness (QED) is 0.895. The van der Waals surface area contributed by atoms with Crippen molar-refractivity contribution in [2.45, 2.75) is 13.3 Å². The van der Waals surface area contributed by atoms with Crippen LogP contribution in [0.1, 0.15) is 11.1 Å². The van der Waals surface area contributed by atoms with Crippen LogP contribution in [0.5, 0.6) is 11.5 Å². The Morgan fingerprint density at radius 1 is 1.00 bits per heavy atom. The minimum absolute atomic E-state index is 0.562. The maximum atomic E-state index is 6.02. The van der Waals surface area contributed by atoms with Gasteiger partial charge in [0.05, 0.1) is 0 Å². The minimum atomic E-state index is 0.562. The zero-order chi connectivity index (χ0) is 13.8. The van der Waals surface area contributed by atoms with Crippen LogP contribution >= 0.6 is 23.2 Å². The van der Waals surface area contributed by atoms with E-state index in [0.717, 1.165) is 29.0 Å². The van der Waals surface area contributed by atoms with Crippen molar-refractivity contribution >= 4 is 23.2 Å². The molecule has 0 saturated carbocycles. The first kappa shape index (κ1) is 14.2. The van der Waals surface area contributed by atoms with E-state index in [1.807, 2.05) is 31.2 Å². The second-order valence-corrected chi connectivity index (χ2v) is 5.18. The lowest BCUT2D eigenvalue weighted by atomic mass is 10.1. The first-order valence-corrected chi connectivity index (χ1v) is 6.78. The summed E-state index contributed by atoms with van der Waals surface area (Å²) in [6, 6.07) is 11.1. The van der Waals surface area contributed by atoms with Gasteiger partial charge in [-0.1, -0.05) is 35.3 Å². The van der Waals surface area contributed by atoms with Crippen molar-refractivity contribution in [3.63, 3.8) is 0 Å². The molecule has 0 aliphatic carbocycles. The Morgan fingerprint density at radius 3 is 2.32 bits per heavy atom. The van der Waals surface area contributed by atoms with Crippen LogP contribution in [0.4, 0.5) is 0 Å². The van der Waals surface area contributed by atoms with Crippen LogP contribution < -0.4 is 10.5 Å². The standard InChI is InChI=1S/C15H15Cl2NO/c1-10-2-4-12(16)8-14(10)19-15-9-13(17)5-3-11(15)6-7-18/h2-5,8-9H,6-7,18H2,1H3. The van der Waals surface area contributed by atoms with Crippen LogP contribution in [0.3, 0.4) is 0 Å². The minimum Gasteiger partial charge on any atom is -0.457 e. The van der Waals surface area contributed by atoms with Gasteiger partial charge in [0.25, 0.3) is 0 Å². The van der Waals surface area contributed by atoms with E-state index >= 15 is 0 Å². The third-order valence-electron chi connectivity index (χ3n) is 2.81. The Bertz CT molecular complexity index is 584. The molecule has 100 valence electrons. The van der Waals surface area contributed by atoms with Crippen molar-refractivity contribution in [1.29, 1.82) is 0 Å². The van der Waals surface area contributed by atoms with Gasteiger partial charge in [-0.25, -0.2) is 0 Å². The number of aryl methyl sites for hydroxylation is 1. The van der Waals surface area contributed by atoms with Crippen LogP contribution in [0.15, 0.2) is 36.4 Å². The largest absolute Gasteiger partial charge is 0.457 e. The lowest BCUT2D eigenvalue weighted by Crippen LogP contribution is -2.04. The molecular formula is C15H15Cl2NO. The van der Waals surface area contributed by atoms with E-state index < -0.39 is 0 Å². The summed E-state index contributed by atoms with van der Waals surface area (Å²) in [4.78, 5) is 0. The van der Waals surface area contributed by atoms with Gasteiger partial charge in [-0.3, -0.25) is 0 Å². The Hall–Kier alpha value is -1.22. The molecule has 2 N–H and O–H groups in total. The first-order valence-electron chi connectivity index (χ1n) is 6.02. The summed E-state index contributed by atoms with van der Waals surface area (Å²) < 4.78 is 5.93. The van der Waals surface area contributed by atoms with Gasteiger partial charge in [-0.05, 0) is 55.3 Å². The zero-order valence-corrected chi connectivity index (χ0v) is 12.1. The second kappa shape index (κ2) is 6.29. The predicted octanol–water partition coefficient (Wildman–Crippen LogP) is 4.60. The van der Waals surface area contributed by atoms with E-state index in [1.165, 1.54) is 0 Å². The van der Waals surface area contributed by atoms with Gasteiger partial charge in [0.1, 0.15) is 11.5 Å². The molecule has 0 saturated heterocycles. The SMILES string of the molecule is Cc1ccc(Cl)cc1Oc1cc(Cl)ccc1CCN. The summed E-state index contributed by atoms with van der Waals surface area (Å²) in [5.74, 6) is 1.45. The average Bonchev–Trinajstić information content (AvgIpc) is 2.37. The predicted molar refractivity (Wildman–Crippen MR) is 80.5 cm³/mol. The van der Waals surface area contributed by atoms with Crippen molar-refractivity contribution in [2.24, 2.45) is 5.73 Å². The van der Waals surface area contributed by atoms with Crippen molar-refractivity contribution in [3.8, 4) is 11.5 Å². The maximum Gasteiger partial charge on any atom is 0.132 e. The van der Waals surface area contributed by atoms with E-state index in [2.05, 4.69) is 0 Å². The monoisotopic (exact) mass is 295 g/mol. The number of hydrogen-bond acceptors (Lipinski definition) is 2. The number of halogens is 2. The number of hydrogen-bond donors (Lipinski definition) is 1. The molecule has 2 aromatic rings. The van der Waals surface area contributed by atoms with Crippen LogP contribution in [0, 0.1) is 6.92 Å². The van der Waals surface area contributed by atoms with Crippen LogP contribution in [-0.4, -0.2) is 6.54 Å². The molecule has 0 aromatic heterocycles. The topological polar surface area (TPSA) is 35.2 Å². The molecular weight excluding hydrogens is 281 g/mol. The van der Waals surface area contributed by atoms with Crippen molar-refractivity contribution in [2.75, 3.05) is 6.54 Å². The van der Waals surface area contributed by atoms with E-state index in [4.69, 9.17) is 33.7 Å². The van der Waals surface area contributed by atoms with Crippen molar-refractivity contribution < 1.29 is 4.74 Å². The number of nitrogens with two attached hydrogens (primary N) is 1. The smallest absolute Gasteiger partial charge is 0.132 e. The highest BCUT2D eigenvalue weighted by Crippen LogP contribution is 2.32. The molecule has 0 spiro atoms. The van der Waals surface area contributed by atoms with Crippen LogP contribution in [0.25, 0.3) is 0 Å². The summed E-state index contributed by atoms with van der Waals surface area (Å²) in [5.41, 5.74) is 7.66. The van der Waals surface area contributed by atoms with Gasteiger partial charge >= 0.3 is 0 Å². The fourth-order valence-electron chi connectivity index (χ4n) is 1.79. The van der Waals surface area contributed by atoms with Crippen molar-refractivity contribution in [3.05, 3.63) is 57.6 Å². The lowest BCUT2D eigenvalue weighted by molar-refractivity contribution is 0.472. The number of ether oxygens (including phenoxy) is 1. The molecule has 19 heavy (non-hydrogen) atoms. The molecule has 2 rings (SSSR count). The highest BCUT2D eigenvalue weighted by Gasteiger charge is 2.08. The molecule has 0 unspecified atom stereocenters. The van der Waals surface area contributed by atoms with Crippen molar-refractivity contribution in [1.82, 2.24) is 0 Å². The van der Waals surface area contributed by atoms with Gasteiger partial charge in [0.15, 0.2) is 0 Å². The molecule has 2 aromatic carbocycles. The number of rotatable bonds is 4. The molecule has 0 amide bonds. The lowest BCUT2D eigenvalue weighted by Gasteiger charge is -2.13. The summed E-state index contributed by atoms with van der Waals surface area (Å²) in [5, 5.41) is 1.28. The van der Waals surface area contributed by atoms with E-state index in [0.29, 0.717) is 16.6 Å². The first-order chi connectivity index (χ1) is 9.10. The fraction of sp³-hybridized carbons (Fsp3) is 0.200. The zero-order valence-electron chi connectivity index (χ0n) is 10.6. The Balaban J connectivity index is 2.36. The van der Waals surface area contributed by atoms with Gasteiger partial charge in [-0.2, -0.15) is 0 Å². The molecule has 0 heterocycles. The highest BCUT2D eigenvalue weighted by molar-refractivity contribution is 6.31. The molecule has 2 nitrogen and oxygen atoms in total. The third kappa shape index (κ3) is 3.63. The number of benzene rings is 2. The Kier molecular flexibility index (Phi) is 4.70. The molecule has 0 bridgehead atoms. The third-order valence-corrected chi connectivity index (χ3v) is 3.28. The molecule has 0 fully saturated rings. The van der Waals surface area contributed by atoms with E-state index in [-0.39, 0.29) is 0 Å². The van der Waals surface area contributed by atoms with Gasteiger partial charge in [-0.15, -0.1) is 0 Å². The molecule has 0 atom stereocenters. The van der Waals surface area contributed by atoms with Gasteiger partial charge in [0.2, 0.25) is 0 Å². The van der Waals surface area contributed by atoms with Gasteiger partial charge < -0.3 is 10.5 Å². The normalized spacial score (nSPS) is 10.5. The molecule has 0 aliphatic heterocycles. The fourth-order valence-corrected chi connectivity index (χ4v) is 2.11. The summed E-state index contributed by atoms with van der Waals surface area (Å²) >= 11 is 12.0. The van der Waals surface area contributed by atoms with Crippen LogP contribution in [0.2, 0.25) is 10.0 Å². The second-order valence-electron chi connectivity index (χ2n) is 4.30. The highest BCUT2D eigenvalue weighted by atomic mass is 35.5. The average molecular weight is 296 g/mol. The Labute approximate surface area is 123 Å². The summed E-state index contributed by atoms with van der Waals surface area (Å²) in [6.07, 6.45) is 0.742. The molecule has 4 heteroatoms. The Morgan fingerprint density at radius 2 is 1.63 bits per heavy atom. The van der Waals surface area contributed by atoms with Crippen LogP contribution in [-0.2, 0) is 6.42 Å². The molecule has 0 aliphatic rings. The maximum absolute atomic E-state index is 6.02. The summed E-state index contributed by atoms with van der Waals surface area (Å²) in [7, 11) is 0. The van der Waals surface area contributed by atoms with E-state index in [1.54, 1.807) is 12.1 Å². The summed E-state index contributed by atoms with van der Waals surface area (Å²) in [6.45, 7) is 2.53. The molecule has 0 radical (unpaired) electrons. The van der Waals surface area contributed by atoms with E-state index in [9.17, 15) is 0 Å².